The van der Waals surface area contributed by atoms with E-state index in [1.165, 1.54) is 0 Å². The lowest BCUT2D eigenvalue weighted by atomic mass is 10.1. The number of aromatic amines is 1. The number of H-pyrrole nitrogens is 1. The molecular formula is C15H21NO5. The first-order valence-electron chi connectivity index (χ1n) is 6.97. The number of aromatic nitrogens is 1. The van der Waals surface area contributed by atoms with Crippen LogP contribution in [0, 0.1) is 13.8 Å². The Balaban J connectivity index is 2.84. The zero-order valence-corrected chi connectivity index (χ0v) is 12.9. The molecule has 21 heavy (non-hydrogen) atoms. The van der Waals surface area contributed by atoms with Crippen LogP contribution in [0.5, 0.6) is 0 Å². The second-order valence-corrected chi connectivity index (χ2v) is 4.57. The molecule has 0 bridgehead atoms. The van der Waals surface area contributed by atoms with Crippen molar-refractivity contribution in [2.24, 2.45) is 0 Å². The zero-order chi connectivity index (χ0) is 16.0. The summed E-state index contributed by atoms with van der Waals surface area (Å²) in [6, 6.07) is 0. The van der Waals surface area contributed by atoms with Crippen molar-refractivity contribution in [1.29, 1.82) is 0 Å². The Morgan fingerprint density at radius 3 is 2.19 bits per heavy atom. The average Bonchev–Trinajstić information content (AvgIpc) is 2.72. The van der Waals surface area contributed by atoms with E-state index in [1.54, 1.807) is 27.7 Å². The summed E-state index contributed by atoms with van der Waals surface area (Å²) < 4.78 is 9.75. The van der Waals surface area contributed by atoms with E-state index in [2.05, 4.69) is 4.98 Å². The van der Waals surface area contributed by atoms with Crippen LogP contribution in [-0.2, 0) is 14.3 Å². The van der Waals surface area contributed by atoms with Crippen LogP contribution >= 0.6 is 0 Å². The standard InChI is InChI=1S/C15H21NO5/c1-5-20-12(18)8-7-11(17)14-9(3)13(10(4)16-14)15(19)21-6-2/h16H,5-8H2,1-4H3. The third-order valence-electron chi connectivity index (χ3n) is 3.06. The quantitative estimate of drug-likeness (QED) is 0.616. The monoisotopic (exact) mass is 295 g/mol. The fourth-order valence-electron chi connectivity index (χ4n) is 2.11. The minimum absolute atomic E-state index is 0.0267. The first-order valence-corrected chi connectivity index (χ1v) is 6.97. The summed E-state index contributed by atoms with van der Waals surface area (Å²) in [5.74, 6) is -1.08. The Labute approximate surface area is 123 Å². The summed E-state index contributed by atoms with van der Waals surface area (Å²) in [6.07, 6.45) is 0.0703. The number of ether oxygens (including phenoxy) is 2. The van der Waals surface area contributed by atoms with Gasteiger partial charge in [0.05, 0.1) is 30.9 Å². The van der Waals surface area contributed by atoms with Crippen LogP contribution in [-0.4, -0.2) is 35.9 Å². The van der Waals surface area contributed by atoms with Gasteiger partial charge in [-0.1, -0.05) is 0 Å². The molecular weight excluding hydrogens is 274 g/mol. The predicted octanol–water partition coefficient (Wildman–Crippen LogP) is 2.33. The van der Waals surface area contributed by atoms with Crippen molar-refractivity contribution in [3.05, 3.63) is 22.5 Å². The smallest absolute Gasteiger partial charge is 0.340 e. The van der Waals surface area contributed by atoms with Crippen molar-refractivity contribution in [3.63, 3.8) is 0 Å². The fraction of sp³-hybridized carbons (Fsp3) is 0.533. The van der Waals surface area contributed by atoms with Crippen molar-refractivity contribution in [1.82, 2.24) is 4.98 Å². The average molecular weight is 295 g/mol. The summed E-state index contributed by atoms with van der Waals surface area (Å²) in [5.41, 5.74) is 1.88. The Kier molecular flexibility index (Phi) is 6.14. The van der Waals surface area contributed by atoms with E-state index in [0.717, 1.165) is 0 Å². The largest absolute Gasteiger partial charge is 0.466 e. The minimum Gasteiger partial charge on any atom is -0.466 e. The van der Waals surface area contributed by atoms with Crippen LogP contribution in [0.25, 0.3) is 0 Å². The lowest BCUT2D eigenvalue weighted by Gasteiger charge is -2.03. The molecule has 1 rings (SSSR count). The third kappa shape index (κ3) is 4.18. The molecule has 1 aromatic heterocycles. The summed E-state index contributed by atoms with van der Waals surface area (Å²) in [7, 11) is 0. The van der Waals surface area contributed by atoms with Crippen LogP contribution in [0.1, 0.15) is 58.8 Å². The van der Waals surface area contributed by atoms with Crippen LogP contribution in [0.15, 0.2) is 0 Å². The number of nitrogens with one attached hydrogen (secondary N) is 1. The molecule has 0 fully saturated rings. The van der Waals surface area contributed by atoms with Crippen molar-refractivity contribution < 1.29 is 23.9 Å². The molecule has 0 radical (unpaired) electrons. The highest BCUT2D eigenvalue weighted by molar-refractivity contribution is 6.02. The third-order valence-corrected chi connectivity index (χ3v) is 3.06. The molecule has 1 aromatic rings. The Bertz CT molecular complexity index is 545. The maximum absolute atomic E-state index is 12.1. The Morgan fingerprint density at radius 2 is 1.62 bits per heavy atom. The Hall–Kier alpha value is -2.11. The summed E-state index contributed by atoms with van der Waals surface area (Å²) in [6.45, 7) is 7.40. The molecule has 116 valence electrons. The lowest BCUT2D eigenvalue weighted by Crippen LogP contribution is -2.10. The van der Waals surface area contributed by atoms with Gasteiger partial charge in [-0.3, -0.25) is 9.59 Å². The summed E-state index contributed by atoms with van der Waals surface area (Å²) >= 11 is 0. The molecule has 0 saturated heterocycles. The molecule has 6 heteroatoms. The first kappa shape index (κ1) is 16.9. The molecule has 0 aliphatic rings. The molecule has 0 spiro atoms. The number of aryl methyl sites for hydroxylation is 1. The second kappa shape index (κ2) is 7.61. The van der Waals surface area contributed by atoms with E-state index in [1.807, 2.05) is 0 Å². The van der Waals surface area contributed by atoms with Gasteiger partial charge >= 0.3 is 11.9 Å². The van der Waals surface area contributed by atoms with Gasteiger partial charge in [0.1, 0.15) is 0 Å². The van der Waals surface area contributed by atoms with Gasteiger partial charge in [0.25, 0.3) is 0 Å². The lowest BCUT2D eigenvalue weighted by molar-refractivity contribution is -0.143. The van der Waals surface area contributed by atoms with Crippen LogP contribution in [0.2, 0.25) is 0 Å². The van der Waals surface area contributed by atoms with Crippen molar-refractivity contribution in [2.45, 2.75) is 40.5 Å². The number of carbonyl (C=O) groups excluding carboxylic acids is 3. The number of hydrogen-bond acceptors (Lipinski definition) is 5. The number of esters is 2. The number of rotatable bonds is 7. The SMILES string of the molecule is CCOC(=O)CCC(=O)c1[nH]c(C)c(C(=O)OCC)c1C. The Morgan fingerprint density at radius 1 is 1.00 bits per heavy atom. The van der Waals surface area contributed by atoms with Gasteiger partial charge in [-0.2, -0.15) is 0 Å². The maximum Gasteiger partial charge on any atom is 0.340 e. The predicted molar refractivity (Wildman–Crippen MR) is 76.4 cm³/mol. The van der Waals surface area contributed by atoms with Crippen LogP contribution in [0.4, 0.5) is 0 Å². The number of hydrogen-bond donors (Lipinski definition) is 1. The van der Waals surface area contributed by atoms with Gasteiger partial charge in [-0.15, -0.1) is 0 Å². The maximum atomic E-state index is 12.1. The molecule has 6 nitrogen and oxygen atoms in total. The van der Waals surface area contributed by atoms with Gasteiger partial charge in [0.15, 0.2) is 5.78 Å². The summed E-state index contributed by atoms with van der Waals surface area (Å²) in [4.78, 5) is 38.2. The molecule has 0 atom stereocenters. The van der Waals surface area contributed by atoms with Gasteiger partial charge in [-0.05, 0) is 33.3 Å². The van der Waals surface area contributed by atoms with Crippen molar-refractivity contribution >= 4 is 17.7 Å². The van der Waals surface area contributed by atoms with Gasteiger partial charge < -0.3 is 14.5 Å². The number of ketones is 1. The van der Waals surface area contributed by atoms with Crippen LogP contribution < -0.4 is 0 Å². The summed E-state index contributed by atoms with van der Waals surface area (Å²) in [5, 5.41) is 0. The van der Waals surface area contributed by atoms with E-state index in [9.17, 15) is 14.4 Å². The van der Waals surface area contributed by atoms with E-state index in [0.29, 0.717) is 29.1 Å². The molecule has 0 aromatic carbocycles. The van der Waals surface area contributed by atoms with Gasteiger partial charge in [0.2, 0.25) is 0 Å². The van der Waals surface area contributed by atoms with Crippen molar-refractivity contribution in [2.75, 3.05) is 13.2 Å². The molecule has 0 aliphatic heterocycles. The molecule has 1 heterocycles. The molecule has 0 unspecified atom stereocenters. The van der Waals surface area contributed by atoms with E-state index < -0.39 is 11.9 Å². The highest BCUT2D eigenvalue weighted by atomic mass is 16.5. The van der Waals surface area contributed by atoms with Crippen molar-refractivity contribution in [3.8, 4) is 0 Å². The fourth-order valence-corrected chi connectivity index (χ4v) is 2.11. The molecule has 0 saturated carbocycles. The van der Waals surface area contributed by atoms with E-state index in [4.69, 9.17) is 9.47 Å². The minimum atomic E-state index is -0.451. The van der Waals surface area contributed by atoms with Gasteiger partial charge in [-0.25, -0.2) is 4.79 Å². The molecule has 0 aliphatic carbocycles. The van der Waals surface area contributed by atoms with E-state index >= 15 is 0 Å². The second-order valence-electron chi connectivity index (χ2n) is 4.57. The van der Waals surface area contributed by atoms with Gasteiger partial charge in [0, 0.05) is 12.1 Å². The first-order chi connectivity index (χ1) is 9.92. The molecule has 1 N–H and O–H groups in total. The topological polar surface area (TPSA) is 85.5 Å². The highest BCUT2D eigenvalue weighted by Gasteiger charge is 2.23. The highest BCUT2D eigenvalue weighted by Crippen LogP contribution is 2.20. The molecule has 0 amide bonds. The van der Waals surface area contributed by atoms with Crippen LogP contribution in [0.3, 0.4) is 0 Å². The normalized spacial score (nSPS) is 10.3. The number of Topliss-reactive ketones (excluding diaryl/α,β-unsaturated/α-hetero) is 1. The van der Waals surface area contributed by atoms with E-state index in [-0.39, 0.29) is 25.2 Å². The zero-order valence-electron chi connectivity index (χ0n) is 12.9. The number of carbonyl (C=O) groups is 3.